The summed E-state index contributed by atoms with van der Waals surface area (Å²) in [6.45, 7) is 6.53. The van der Waals surface area contributed by atoms with Crippen LogP contribution in [0.1, 0.15) is 19.3 Å². The molecule has 3 fully saturated rings. The van der Waals surface area contributed by atoms with Crippen molar-refractivity contribution in [2.24, 2.45) is 5.92 Å². The Balaban J connectivity index is 1.92. The lowest BCUT2D eigenvalue weighted by Gasteiger charge is -2.29. The fourth-order valence-corrected chi connectivity index (χ4v) is 2.15. The van der Waals surface area contributed by atoms with Crippen molar-refractivity contribution in [2.45, 2.75) is 19.3 Å². The SMILES string of the molecule is C1CNCC2CCN(C1)CC2. The van der Waals surface area contributed by atoms with Crippen LogP contribution in [0, 0.1) is 5.92 Å². The molecule has 3 heterocycles. The van der Waals surface area contributed by atoms with Crippen molar-refractivity contribution in [2.75, 3.05) is 32.7 Å². The zero-order valence-corrected chi connectivity index (χ0v) is 7.18. The summed E-state index contributed by atoms with van der Waals surface area (Å²) in [6.07, 6.45) is 4.19. The van der Waals surface area contributed by atoms with E-state index in [4.69, 9.17) is 0 Å². The molecule has 0 aromatic carbocycles. The van der Waals surface area contributed by atoms with Gasteiger partial charge in [-0.25, -0.2) is 0 Å². The molecule has 11 heavy (non-hydrogen) atoms. The van der Waals surface area contributed by atoms with Crippen LogP contribution in [0.2, 0.25) is 0 Å². The number of nitrogens with one attached hydrogen (secondary N) is 1. The fourth-order valence-electron chi connectivity index (χ4n) is 2.15. The third-order valence-electron chi connectivity index (χ3n) is 2.97. The molecule has 0 saturated carbocycles. The van der Waals surface area contributed by atoms with Gasteiger partial charge in [0.25, 0.3) is 0 Å². The minimum absolute atomic E-state index is 0.976. The summed E-state index contributed by atoms with van der Waals surface area (Å²) >= 11 is 0. The highest BCUT2D eigenvalue weighted by Crippen LogP contribution is 2.17. The Morgan fingerprint density at radius 1 is 1.09 bits per heavy atom. The molecular weight excluding hydrogens is 136 g/mol. The number of fused-ring (bicyclic) bond motifs is 6. The maximum absolute atomic E-state index is 3.53. The van der Waals surface area contributed by atoms with E-state index >= 15 is 0 Å². The van der Waals surface area contributed by atoms with E-state index in [1.165, 1.54) is 52.0 Å². The van der Waals surface area contributed by atoms with Gasteiger partial charge in [-0.2, -0.15) is 0 Å². The molecule has 0 radical (unpaired) electrons. The molecule has 3 aliphatic rings. The summed E-state index contributed by atoms with van der Waals surface area (Å²) in [6, 6.07) is 0. The van der Waals surface area contributed by atoms with E-state index in [0.717, 1.165) is 5.92 Å². The fraction of sp³-hybridized carbons (Fsp3) is 1.00. The smallest absolute Gasteiger partial charge is 0.000664 e. The predicted octanol–water partition coefficient (Wildman–Crippen LogP) is 0.692. The first-order chi connectivity index (χ1) is 5.45. The van der Waals surface area contributed by atoms with E-state index < -0.39 is 0 Å². The Kier molecular flexibility index (Phi) is 2.44. The molecule has 64 valence electrons. The highest BCUT2D eigenvalue weighted by molar-refractivity contribution is 4.75. The predicted molar refractivity (Wildman–Crippen MR) is 46.7 cm³/mol. The summed E-state index contributed by atoms with van der Waals surface area (Å²) in [5.41, 5.74) is 0. The monoisotopic (exact) mass is 154 g/mol. The lowest BCUT2D eigenvalue weighted by molar-refractivity contribution is 0.194. The average molecular weight is 154 g/mol. The second kappa shape index (κ2) is 3.55. The van der Waals surface area contributed by atoms with Crippen LogP contribution in [0.4, 0.5) is 0 Å². The zero-order valence-electron chi connectivity index (χ0n) is 7.18. The summed E-state index contributed by atoms with van der Waals surface area (Å²) < 4.78 is 0. The van der Waals surface area contributed by atoms with Gasteiger partial charge >= 0.3 is 0 Å². The molecule has 0 atom stereocenters. The Morgan fingerprint density at radius 2 is 1.91 bits per heavy atom. The van der Waals surface area contributed by atoms with E-state index in [9.17, 15) is 0 Å². The van der Waals surface area contributed by atoms with Crippen LogP contribution < -0.4 is 5.32 Å². The van der Waals surface area contributed by atoms with E-state index in [2.05, 4.69) is 10.2 Å². The van der Waals surface area contributed by atoms with Crippen LogP contribution in [0.3, 0.4) is 0 Å². The number of nitrogens with zero attached hydrogens (tertiary/aromatic N) is 1. The second-order valence-electron chi connectivity index (χ2n) is 3.84. The van der Waals surface area contributed by atoms with Gasteiger partial charge in [-0.15, -0.1) is 0 Å². The van der Waals surface area contributed by atoms with E-state index in [0.29, 0.717) is 0 Å². The molecule has 0 aromatic rings. The van der Waals surface area contributed by atoms with Crippen LogP contribution in [-0.2, 0) is 0 Å². The molecular formula is C9H18N2. The number of rotatable bonds is 0. The van der Waals surface area contributed by atoms with Crippen molar-refractivity contribution in [3.63, 3.8) is 0 Å². The number of hydrogen-bond donors (Lipinski definition) is 1. The third kappa shape index (κ3) is 1.94. The molecule has 0 spiro atoms. The van der Waals surface area contributed by atoms with Gasteiger partial charge in [0.15, 0.2) is 0 Å². The Morgan fingerprint density at radius 3 is 2.73 bits per heavy atom. The first kappa shape index (κ1) is 7.56. The molecule has 1 N–H and O–H groups in total. The van der Waals surface area contributed by atoms with Gasteiger partial charge in [-0.05, 0) is 57.9 Å². The molecule has 3 saturated heterocycles. The topological polar surface area (TPSA) is 15.3 Å². The Labute approximate surface area is 69.0 Å². The van der Waals surface area contributed by atoms with Crippen LogP contribution in [0.15, 0.2) is 0 Å². The third-order valence-corrected chi connectivity index (χ3v) is 2.97. The summed E-state index contributed by atoms with van der Waals surface area (Å²) in [4.78, 5) is 2.61. The van der Waals surface area contributed by atoms with Gasteiger partial charge in [0.05, 0.1) is 0 Å². The quantitative estimate of drug-likeness (QED) is 0.552. The van der Waals surface area contributed by atoms with Gasteiger partial charge in [0, 0.05) is 0 Å². The number of piperidine rings is 1. The van der Waals surface area contributed by atoms with E-state index in [-0.39, 0.29) is 0 Å². The van der Waals surface area contributed by atoms with Crippen molar-refractivity contribution in [3.05, 3.63) is 0 Å². The van der Waals surface area contributed by atoms with Gasteiger partial charge in [-0.3, -0.25) is 0 Å². The lowest BCUT2D eigenvalue weighted by atomic mass is 9.97. The van der Waals surface area contributed by atoms with Gasteiger partial charge in [0.1, 0.15) is 0 Å². The van der Waals surface area contributed by atoms with Gasteiger partial charge in [-0.1, -0.05) is 0 Å². The van der Waals surface area contributed by atoms with Crippen molar-refractivity contribution in [1.82, 2.24) is 10.2 Å². The molecule has 2 bridgehead atoms. The Bertz CT molecular complexity index is 97.2. The molecule has 0 unspecified atom stereocenters. The van der Waals surface area contributed by atoms with Gasteiger partial charge < -0.3 is 10.2 Å². The average Bonchev–Trinajstić information content (AvgIpc) is 2.21. The molecule has 2 nitrogen and oxygen atoms in total. The molecule has 0 aromatic heterocycles. The standard InChI is InChI=1S/C9H18N2/c1-4-10-8-9-2-6-11(5-1)7-3-9/h9-10H,1-8H2. The largest absolute Gasteiger partial charge is 0.316 e. The normalized spacial score (nSPS) is 39.3. The minimum Gasteiger partial charge on any atom is -0.316 e. The highest BCUT2D eigenvalue weighted by atomic mass is 15.1. The maximum Gasteiger partial charge on any atom is -0.000664 e. The van der Waals surface area contributed by atoms with E-state index in [1.807, 2.05) is 0 Å². The zero-order chi connectivity index (χ0) is 7.52. The van der Waals surface area contributed by atoms with Crippen molar-refractivity contribution < 1.29 is 0 Å². The maximum atomic E-state index is 3.53. The van der Waals surface area contributed by atoms with Crippen LogP contribution in [0.25, 0.3) is 0 Å². The van der Waals surface area contributed by atoms with Crippen molar-refractivity contribution >= 4 is 0 Å². The molecule has 3 rings (SSSR count). The highest BCUT2D eigenvalue weighted by Gasteiger charge is 2.19. The van der Waals surface area contributed by atoms with Crippen LogP contribution in [0.5, 0.6) is 0 Å². The molecule has 0 aliphatic carbocycles. The molecule has 0 amide bonds. The van der Waals surface area contributed by atoms with Crippen molar-refractivity contribution in [3.8, 4) is 0 Å². The molecule has 2 heteroatoms. The minimum atomic E-state index is 0.976. The lowest BCUT2D eigenvalue weighted by Crippen LogP contribution is -2.34. The number of hydrogen-bond acceptors (Lipinski definition) is 2. The molecule has 3 aliphatic heterocycles. The summed E-state index contributed by atoms with van der Waals surface area (Å²) in [5, 5.41) is 3.53. The second-order valence-corrected chi connectivity index (χ2v) is 3.84. The van der Waals surface area contributed by atoms with Crippen LogP contribution in [-0.4, -0.2) is 37.6 Å². The summed E-state index contributed by atoms with van der Waals surface area (Å²) in [5.74, 6) is 0.976. The first-order valence-electron chi connectivity index (χ1n) is 4.88. The summed E-state index contributed by atoms with van der Waals surface area (Å²) in [7, 11) is 0. The van der Waals surface area contributed by atoms with Crippen molar-refractivity contribution in [1.29, 1.82) is 0 Å². The first-order valence-corrected chi connectivity index (χ1v) is 4.88. The van der Waals surface area contributed by atoms with E-state index in [1.54, 1.807) is 0 Å². The van der Waals surface area contributed by atoms with Crippen LogP contribution >= 0.6 is 0 Å². The van der Waals surface area contributed by atoms with Gasteiger partial charge in [0.2, 0.25) is 0 Å². The Hall–Kier alpha value is -0.0800.